The van der Waals surface area contributed by atoms with Gasteiger partial charge in [-0.05, 0) is 38.8 Å². The average Bonchev–Trinajstić information content (AvgIpc) is 3.04. The summed E-state index contributed by atoms with van der Waals surface area (Å²) in [6, 6.07) is 0.327. The number of nitrogens with zero attached hydrogens (tertiary/aromatic N) is 3. The van der Waals surface area contributed by atoms with Crippen molar-refractivity contribution in [2.75, 3.05) is 46.3 Å². The zero-order chi connectivity index (χ0) is 16.8. The Bertz CT molecular complexity index is 443. The number of rotatable bonds is 5. The molecule has 136 valence electrons. The van der Waals surface area contributed by atoms with Crippen LogP contribution in [-0.2, 0) is 4.79 Å². The second kappa shape index (κ2) is 8.70. The van der Waals surface area contributed by atoms with Gasteiger partial charge < -0.3 is 20.4 Å². The van der Waals surface area contributed by atoms with Crippen molar-refractivity contribution in [2.24, 2.45) is 10.9 Å². The van der Waals surface area contributed by atoms with E-state index in [9.17, 15) is 4.79 Å². The van der Waals surface area contributed by atoms with E-state index in [1.54, 1.807) is 0 Å². The largest absolute Gasteiger partial charge is 0.355 e. The first-order valence-corrected chi connectivity index (χ1v) is 9.74. The predicted octanol–water partition coefficient (Wildman–Crippen LogP) is 1.04. The molecule has 6 heteroatoms. The molecular formula is C18H33N5O. The summed E-state index contributed by atoms with van der Waals surface area (Å²) in [5.74, 6) is 1.54. The highest BCUT2D eigenvalue weighted by Gasteiger charge is 2.31. The molecule has 1 unspecified atom stereocenters. The van der Waals surface area contributed by atoms with Gasteiger partial charge in [-0.3, -0.25) is 9.79 Å². The second-order valence-corrected chi connectivity index (χ2v) is 7.44. The van der Waals surface area contributed by atoms with E-state index in [-0.39, 0.29) is 5.92 Å². The van der Waals surface area contributed by atoms with Gasteiger partial charge in [0.15, 0.2) is 5.96 Å². The fraction of sp³-hybridized carbons (Fsp3) is 0.889. The summed E-state index contributed by atoms with van der Waals surface area (Å²) in [6.07, 6.45) is 8.28. The SMILES string of the molecule is CN=C(NCCN1CCC1)NC1CCN(C(=O)C2CCCCC2)C1. The summed E-state index contributed by atoms with van der Waals surface area (Å²) in [5, 5.41) is 6.89. The van der Waals surface area contributed by atoms with Crippen LogP contribution in [0.1, 0.15) is 44.9 Å². The third-order valence-electron chi connectivity index (χ3n) is 5.69. The number of hydrogen-bond donors (Lipinski definition) is 2. The summed E-state index contributed by atoms with van der Waals surface area (Å²) in [5.41, 5.74) is 0. The molecule has 2 N–H and O–H groups in total. The minimum Gasteiger partial charge on any atom is -0.355 e. The van der Waals surface area contributed by atoms with Gasteiger partial charge in [0.25, 0.3) is 0 Å². The van der Waals surface area contributed by atoms with E-state index in [2.05, 4.69) is 25.4 Å². The normalized spacial score (nSPS) is 26.3. The van der Waals surface area contributed by atoms with Gasteiger partial charge in [-0.15, -0.1) is 0 Å². The van der Waals surface area contributed by atoms with Crippen LogP contribution in [0.25, 0.3) is 0 Å². The van der Waals surface area contributed by atoms with Crippen molar-refractivity contribution in [1.82, 2.24) is 20.4 Å². The molecule has 1 amide bonds. The Kier molecular flexibility index (Phi) is 6.35. The molecule has 0 bridgehead atoms. The molecule has 0 radical (unpaired) electrons. The number of hydrogen-bond acceptors (Lipinski definition) is 3. The summed E-state index contributed by atoms with van der Waals surface area (Å²) in [4.78, 5) is 21.5. The topological polar surface area (TPSA) is 60.0 Å². The number of carbonyl (C=O) groups excluding carboxylic acids is 1. The van der Waals surface area contributed by atoms with E-state index >= 15 is 0 Å². The van der Waals surface area contributed by atoms with E-state index in [1.165, 1.54) is 38.8 Å². The Balaban J connectivity index is 1.38. The molecule has 0 aromatic carbocycles. The first kappa shape index (κ1) is 17.5. The number of nitrogens with one attached hydrogen (secondary N) is 2. The number of carbonyl (C=O) groups is 1. The summed E-state index contributed by atoms with van der Waals surface area (Å²) >= 11 is 0. The fourth-order valence-corrected chi connectivity index (χ4v) is 4.01. The van der Waals surface area contributed by atoms with Crippen LogP contribution in [0.4, 0.5) is 0 Å². The van der Waals surface area contributed by atoms with E-state index < -0.39 is 0 Å². The van der Waals surface area contributed by atoms with Gasteiger partial charge in [-0.25, -0.2) is 0 Å². The van der Waals surface area contributed by atoms with Gasteiger partial charge in [-0.1, -0.05) is 19.3 Å². The molecule has 0 spiro atoms. The predicted molar refractivity (Wildman–Crippen MR) is 97.1 cm³/mol. The maximum absolute atomic E-state index is 12.6. The monoisotopic (exact) mass is 335 g/mol. The van der Waals surface area contributed by atoms with Crippen molar-refractivity contribution in [1.29, 1.82) is 0 Å². The number of guanidine groups is 1. The lowest BCUT2D eigenvalue weighted by Crippen LogP contribution is -2.48. The van der Waals surface area contributed by atoms with Gasteiger partial charge in [0.05, 0.1) is 0 Å². The molecule has 0 aromatic rings. The highest BCUT2D eigenvalue weighted by atomic mass is 16.2. The molecule has 2 aliphatic heterocycles. The van der Waals surface area contributed by atoms with Crippen molar-refractivity contribution in [3.05, 3.63) is 0 Å². The Labute approximate surface area is 146 Å². The van der Waals surface area contributed by atoms with E-state index in [0.29, 0.717) is 11.9 Å². The molecule has 6 nitrogen and oxygen atoms in total. The summed E-state index contributed by atoms with van der Waals surface area (Å²) < 4.78 is 0. The molecule has 3 aliphatic rings. The van der Waals surface area contributed by atoms with E-state index in [4.69, 9.17) is 0 Å². The van der Waals surface area contributed by atoms with Crippen molar-refractivity contribution in [3.8, 4) is 0 Å². The molecule has 0 aromatic heterocycles. The third kappa shape index (κ3) is 4.62. The van der Waals surface area contributed by atoms with Gasteiger partial charge in [0, 0.05) is 45.2 Å². The Hall–Kier alpha value is -1.30. The van der Waals surface area contributed by atoms with Gasteiger partial charge in [0.2, 0.25) is 5.91 Å². The number of amides is 1. The zero-order valence-corrected chi connectivity index (χ0v) is 15.1. The molecule has 24 heavy (non-hydrogen) atoms. The number of aliphatic imine (C=N–C) groups is 1. The van der Waals surface area contributed by atoms with Crippen molar-refractivity contribution in [2.45, 2.75) is 51.0 Å². The standard InChI is InChI=1S/C18H33N5O/c1-19-18(20-9-13-22-10-5-11-22)21-16-8-12-23(14-16)17(24)15-6-3-2-4-7-15/h15-16H,2-14H2,1H3,(H2,19,20,21). The van der Waals surface area contributed by atoms with Crippen LogP contribution in [0.15, 0.2) is 4.99 Å². The van der Waals surface area contributed by atoms with Gasteiger partial charge >= 0.3 is 0 Å². The lowest BCUT2D eigenvalue weighted by Gasteiger charge is -2.31. The highest BCUT2D eigenvalue weighted by molar-refractivity contribution is 5.81. The van der Waals surface area contributed by atoms with Crippen molar-refractivity contribution >= 4 is 11.9 Å². The second-order valence-electron chi connectivity index (χ2n) is 7.44. The molecule has 1 saturated carbocycles. The van der Waals surface area contributed by atoms with Crippen molar-refractivity contribution < 1.29 is 4.79 Å². The third-order valence-corrected chi connectivity index (χ3v) is 5.69. The van der Waals surface area contributed by atoms with E-state index in [1.807, 2.05) is 7.05 Å². The van der Waals surface area contributed by atoms with Gasteiger partial charge in [0.1, 0.15) is 0 Å². The highest BCUT2D eigenvalue weighted by Crippen LogP contribution is 2.26. The molecule has 3 fully saturated rings. The quantitative estimate of drug-likeness (QED) is 0.582. The molecule has 1 atom stereocenters. The van der Waals surface area contributed by atoms with Crippen LogP contribution in [0, 0.1) is 5.92 Å². The van der Waals surface area contributed by atoms with Crippen LogP contribution >= 0.6 is 0 Å². The summed E-state index contributed by atoms with van der Waals surface area (Å²) in [6.45, 7) is 6.18. The Morgan fingerprint density at radius 2 is 1.88 bits per heavy atom. The van der Waals surface area contributed by atoms with Gasteiger partial charge in [-0.2, -0.15) is 0 Å². The Morgan fingerprint density at radius 3 is 2.54 bits per heavy atom. The molecular weight excluding hydrogens is 302 g/mol. The minimum atomic E-state index is 0.284. The zero-order valence-electron chi connectivity index (χ0n) is 15.1. The molecule has 1 aliphatic carbocycles. The van der Waals surface area contributed by atoms with Crippen LogP contribution in [-0.4, -0.2) is 74.0 Å². The van der Waals surface area contributed by atoms with Crippen molar-refractivity contribution in [3.63, 3.8) is 0 Å². The Morgan fingerprint density at radius 1 is 1.08 bits per heavy atom. The average molecular weight is 335 g/mol. The smallest absolute Gasteiger partial charge is 0.225 e. The van der Waals surface area contributed by atoms with Crippen LogP contribution in [0.3, 0.4) is 0 Å². The van der Waals surface area contributed by atoms with Crippen LogP contribution in [0.2, 0.25) is 0 Å². The molecule has 2 heterocycles. The lowest BCUT2D eigenvalue weighted by molar-refractivity contribution is -0.135. The first-order valence-electron chi connectivity index (χ1n) is 9.74. The minimum absolute atomic E-state index is 0.284. The molecule has 3 rings (SSSR count). The molecule has 2 saturated heterocycles. The van der Waals surface area contributed by atoms with Crippen LogP contribution in [0.5, 0.6) is 0 Å². The lowest BCUT2D eigenvalue weighted by atomic mass is 9.88. The van der Waals surface area contributed by atoms with Crippen LogP contribution < -0.4 is 10.6 Å². The first-order chi connectivity index (χ1) is 11.8. The number of likely N-dealkylation sites (tertiary alicyclic amines) is 2. The summed E-state index contributed by atoms with van der Waals surface area (Å²) in [7, 11) is 1.82. The van der Waals surface area contributed by atoms with E-state index in [0.717, 1.165) is 51.4 Å². The maximum Gasteiger partial charge on any atom is 0.225 e. The fourth-order valence-electron chi connectivity index (χ4n) is 4.01. The maximum atomic E-state index is 12.6.